The van der Waals surface area contributed by atoms with Crippen molar-refractivity contribution in [2.45, 2.75) is 29.9 Å². The highest BCUT2D eigenvalue weighted by Gasteiger charge is 2.38. The zero-order valence-electron chi connectivity index (χ0n) is 8.80. The zero-order chi connectivity index (χ0) is 11.9. The van der Waals surface area contributed by atoms with Crippen LogP contribution in [0.25, 0.3) is 0 Å². The predicted octanol–water partition coefficient (Wildman–Crippen LogP) is 1.17. The van der Waals surface area contributed by atoms with Crippen molar-refractivity contribution >= 4 is 15.8 Å². The Labute approximate surface area is 93.8 Å². The highest BCUT2D eigenvalue weighted by molar-refractivity contribution is 7.92. The number of hydrogen-bond donors (Lipinski definition) is 1. The first-order chi connectivity index (χ1) is 7.43. The second-order valence-electron chi connectivity index (χ2n) is 4.02. The van der Waals surface area contributed by atoms with Crippen molar-refractivity contribution in [2.24, 2.45) is 0 Å². The van der Waals surface area contributed by atoms with Gasteiger partial charge in [0.2, 0.25) is 0 Å². The molecule has 5 heteroatoms. The lowest BCUT2D eigenvalue weighted by Gasteiger charge is -2.04. The normalized spacial score (nSPS) is 21.7. The van der Waals surface area contributed by atoms with Gasteiger partial charge in [-0.1, -0.05) is 12.1 Å². The van der Waals surface area contributed by atoms with Gasteiger partial charge in [0.25, 0.3) is 0 Å². The van der Waals surface area contributed by atoms with Gasteiger partial charge in [-0.05, 0) is 30.5 Å². The average molecular weight is 240 g/mol. The van der Waals surface area contributed by atoms with Gasteiger partial charge >= 0.3 is 5.97 Å². The third-order valence-electron chi connectivity index (χ3n) is 2.95. The number of hydrogen-bond acceptors (Lipinski definition) is 3. The van der Waals surface area contributed by atoms with E-state index in [1.807, 2.05) is 13.0 Å². The lowest BCUT2D eigenvalue weighted by molar-refractivity contribution is -0.137. The number of carboxylic acids is 1. The SMILES string of the molecule is Cc1cccc2c1CC(CC(=O)O)S2(=O)=O. The van der Waals surface area contributed by atoms with Crippen LogP contribution in [0.5, 0.6) is 0 Å². The molecule has 1 aromatic rings. The first kappa shape index (κ1) is 11.1. The maximum Gasteiger partial charge on any atom is 0.304 e. The summed E-state index contributed by atoms with van der Waals surface area (Å²) in [4.78, 5) is 10.9. The number of aliphatic carboxylic acids is 1. The molecule has 0 fully saturated rings. The fraction of sp³-hybridized carbons (Fsp3) is 0.364. The van der Waals surface area contributed by atoms with Gasteiger partial charge < -0.3 is 5.11 Å². The van der Waals surface area contributed by atoms with Crippen LogP contribution in [0.3, 0.4) is 0 Å². The Bertz CT molecular complexity index is 545. The molecule has 86 valence electrons. The fourth-order valence-corrected chi connectivity index (χ4v) is 4.06. The molecule has 1 N–H and O–H groups in total. The van der Waals surface area contributed by atoms with Crippen LogP contribution in [0.4, 0.5) is 0 Å². The van der Waals surface area contributed by atoms with Crippen LogP contribution in [0.1, 0.15) is 17.5 Å². The van der Waals surface area contributed by atoms with Gasteiger partial charge in [-0.2, -0.15) is 0 Å². The molecule has 1 aliphatic heterocycles. The van der Waals surface area contributed by atoms with Gasteiger partial charge in [-0.15, -0.1) is 0 Å². The Kier molecular flexibility index (Phi) is 2.50. The summed E-state index contributed by atoms with van der Waals surface area (Å²) in [5, 5.41) is 7.89. The van der Waals surface area contributed by atoms with E-state index in [0.717, 1.165) is 11.1 Å². The first-order valence-electron chi connectivity index (χ1n) is 4.97. The molecule has 0 radical (unpaired) electrons. The molecular formula is C11H12O4S. The lowest BCUT2D eigenvalue weighted by Crippen LogP contribution is -2.20. The van der Waals surface area contributed by atoms with E-state index in [1.165, 1.54) is 0 Å². The molecule has 1 unspecified atom stereocenters. The summed E-state index contributed by atoms with van der Waals surface area (Å²) in [5.41, 5.74) is 1.68. The second-order valence-corrected chi connectivity index (χ2v) is 6.22. The largest absolute Gasteiger partial charge is 0.481 e. The average Bonchev–Trinajstić information content (AvgIpc) is 2.41. The second kappa shape index (κ2) is 3.59. The molecule has 0 aromatic heterocycles. The minimum absolute atomic E-state index is 0.304. The van der Waals surface area contributed by atoms with E-state index in [-0.39, 0.29) is 6.42 Å². The summed E-state index contributed by atoms with van der Waals surface area (Å²) in [5.74, 6) is -1.07. The summed E-state index contributed by atoms with van der Waals surface area (Å²) in [7, 11) is -3.44. The van der Waals surface area contributed by atoms with E-state index in [4.69, 9.17) is 5.11 Å². The predicted molar refractivity (Wildman–Crippen MR) is 58.1 cm³/mol. The molecule has 0 aliphatic carbocycles. The molecule has 16 heavy (non-hydrogen) atoms. The van der Waals surface area contributed by atoms with Crippen molar-refractivity contribution in [3.8, 4) is 0 Å². The topological polar surface area (TPSA) is 71.4 Å². The molecule has 1 atom stereocenters. The minimum atomic E-state index is -3.44. The Morgan fingerprint density at radius 3 is 2.75 bits per heavy atom. The molecule has 4 nitrogen and oxygen atoms in total. The van der Waals surface area contributed by atoms with Crippen molar-refractivity contribution in [1.29, 1.82) is 0 Å². The Morgan fingerprint density at radius 1 is 1.50 bits per heavy atom. The molecule has 1 aliphatic rings. The summed E-state index contributed by atoms with van der Waals surface area (Å²) < 4.78 is 24.0. The Morgan fingerprint density at radius 2 is 2.19 bits per heavy atom. The number of carboxylic acid groups (broad SMARTS) is 1. The van der Waals surface area contributed by atoms with Crippen LogP contribution in [-0.2, 0) is 21.1 Å². The monoisotopic (exact) mass is 240 g/mol. The molecule has 0 bridgehead atoms. The highest BCUT2D eigenvalue weighted by atomic mass is 32.2. The fourth-order valence-electron chi connectivity index (χ4n) is 2.10. The third kappa shape index (κ3) is 1.61. The first-order valence-corrected chi connectivity index (χ1v) is 6.51. The molecule has 0 spiro atoms. The molecule has 2 rings (SSSR count). The van der Waals surface area contributed by atoms with Gasteiger partial charge in [0, 0.05) is 0 Å². The molecule has 0 saturated carbocycles. The van der Waals surface area contributed by atoms with Gasteiger partial charge in [0.15, 0.2) is 9.84 Å². The Balaban J connectivity index is 2.50. The Hall–Kier alpha value is -1.36. The quantitative estimate of drug-likeness (QED) is 0.842. The van der Waals surface area contributed by atoms with Crippen LogP contribution in [0, 0.1) is 6.92 Å². The molecule has 1 heterocycles. The highest BCUT2D eigenvalue weighted by Crippen LogP contribution is 2.34. The summed E-state index contributed by atoms with van der Waals surface area (Å²) in [6, 6.07) is 5.09. The lowest BCUT2D eigenvalue weighted by atomic mass is 10.0. The number of rotatable bonds is 2. The summed E-state index contributed by atoms with van der Waals surface area (Å²) in [6.07, 6.45) is -0.00685. The number of aryl methyl sites for hydroxylation is 1. The number of benzene rings is 1. The van der Waals surface area contributed by atoms with Gasteiger partial charge in [-0.3, -0.25) is 4.79 Å². The van der Waals surface area contributed by atoms with Crippen molar-refractivity contribution in [3.05, 3.63) is 29.3 Å². The van der Waals surface area contributed by atoms with Gasteiger partial charge in [-0.25, -0.2) is 8.42 Å². The van der Waals surface area contributed by atoms with E-state index in [2.05, 4.69) is 0 Å². The van der Waals surface area contributed by atoms with Crippen molar-refractivity contribution in [2.75, 3.05) is 0 Å². The van der Waals surface area contributed by atoms with E-state index in [0.29, 0.717) is 11.3 Å². The number of carbonyl (C=O) groups is 1. The molecule has 0 amide bonds. The summed E-state index contributed by atoms with van der Waals surface area (Å²) in [6.45, 7) is 1.84. The zero-order valence-corrected chi connectivity index (χ0v) is 9.62. The van der Waals surface area contributed by atoms with Crippen LogP contribution < -0.4 is 0 Å². The summed E-state index contributed by atoms with van der Waals surface area (Å²) >= 11 is 0. The standard InChI is InChI=1S/C11H12O4S/c1-7-3-2-4-10-9(7)5-8(6-11(12)13)16(10,14)15/h2-4,8H,5-6H2,1H3,(H,12,13). The van der Waals surface area contributed by atoms with Crippen molar-refractivity contribution in [3.63, 3.8) is 0 Å². The molecule has 0 saturated heterocycles. The van der Waals surface area contributed by atoms with Crippen LogP contribution in [0.2, 0.25) is 0 Å². The van der Waals surface area contributed by atoms with Gasteiger partial charge in [0.05, 0.1) is 16.6 Å². The number of fused-ring (bicyclic) bond motifs is 1. The maximum absolute atomic E-state index is 12.0. The minimum Gasteiger partial charge on any atom is -0.481 e. The van der Waals surface area contributed by atoms with Crippen LogP contribution >= 0.6 is 0 Å². The van der Waals surface area contributed by atoms with E-state index >= 15 is 0 Å². The van der Waals surface area contributed by atoms with E-state index < -0.39 is 21.1 Å². The van der Waals surface area contributed by atoms with Crippen molar-refractivity contribution < 1.29 is 18.3 Å². The van der Waals surface area contributed by atoms with Crippen molar-refractivity contribution in [1.82, 2.24) is 0 Å². The van der Waals surface area contributed by atoms with E-state index in [9.17, 15) is 13.2 Å². The molecular weight excluding hydrogens is 228 g/mol. The van der Waals surface area contributed by atoms with Crippen LogP contribution in [0.15, 0.2) is 23.1 Å². The maximum atomic E-state index is 12.0. The van der Waals surface area contributed by atoms with E-state index in [1.54, 1.807) is 12.1 Å². The van der Waals surface area contributed by atoms with Gasteiger partial charge in [0.1, 0.15) is 0 Å². The number of sulfone groups is 1. The smallest absolute Gasteiger partial charge is 0.304 e. The third-order valence-corrected chi connectivity index (χ3v) is 5.15. The molecule has 1 aromatic carbocycles. The van der Waals surface area contributed by atoms with Crippen LogP contribution in [-0.4, -0.2) is 24.7 Å².